The Morgan fingerprint density at radius 2 is 1.76 bits per heavy atom. The lowest BCUT2D eigenvalue weighted by atomic mass is 9.64. The zero-order chi connectivity index (χ0) is 18.6. The van der Waals surface area contributed by atoms with Gasteiger partial charge in [0.25, 0.3) is 0 Å². The highest BCUT2D eigenvalue weighted by Gasteiger charge is 2.76. The Balaban J connectivity index is 1.89. The molecule has 2 aliphatic rings. The molecule has 0 radical (unpaired) electrons. The van der Waals surface area contributed by atoms with Crippen LogP contribution in [0.1, 0.15) is 44.0 Å². The summed E-state index contributed by atoms with van der Waals surface area (Å²) < 4.78 is 4.67. The Bertz CT molecular complexity index is 757. The smallest absolute Gasteiger partial charge is 0.337 e. The fourth-order valence-corrected chi connectivity index (χ4v) is 6.02. The minimum Gasteiger partial charge on any atom is -0.465 e. The first kappa shape index (κ1) is 18.1. The lowest BCUT2D eigenvalue weighted by Crippen LogP contribution is -2.47. The number of methoxy groups -OCH3 is 1. The molecule has 1 aromatic carbocycles. The Morgan fingerprint density at radius 1 is 1.16 bits per heavy atom. The van der Waals surface area contributed by atoms with Gasteiger partial charge in [-0.2, -0.15) is 0 Å². The highest BCUT2D eigenvalue weighted by atomic mass is 79.9. The van der Waals surface area contributed by atoms with Crippen molar-refractivity contribution in [2.24, 2.45) is 16.2 Å². The number of hydrogen-bond donors (Lipinski definition) is 1. The molecule has 5 nitrogen and oxygen atoms in total. The van der Waals surface area contributed by atoms with E-state index in [4.69, 9.17) is 0 Å². The summed E-state index contributed by atoms with van der Waals surface area (Å²) in [4.78, 5) is 37.0. The summed E-state index contributed by atoms with van der Waals surface area (Å²) in [6.07, 6.45) is 1.39. The summed E-state index contributed by atoms with van der Waals surface area (Å²) in [6.45, 7) is 6.00. The van der Waals surface area contributed by atoms with E-state index in [2.05, 4.69) is 26.0 Å². The van der Waals surface area contributed by atoms with Crippen molar-refractivity contribution in [1.82, 2.24) is 0 Å². The first-order valence-electron chi connectivity index (χ1n) is 8.30. The van der Waals surface area contributed by atoms with Crippen LogP contribution < -0.4 is 5.32 Å². The summed E-state index contributed by atoms with van der Waals surface area (Å²) in [5.74, 6) is -0.467. The number of Topliss-reactive ketones (excluding diaryl/α,β-unsaturated/α-hetero) is 1. The van der Waals surface area contributed by atoms with E-state index in [1.807, 2.05) is 20.8 Å². The van der Waals surface area contributed by atoms with Crippen molar-refractivity contribution < 1.29 is 19.1 Å². The van der Waals surface area contributed by atoms with Crippen molar-refractivity contribution in [2.75, 3.05) is 12.4 Å². The van der Waals surface area contributed by atoms with E-state index in [9.17, 15) is 14.4 Å². The van der Waals surface area contributed by atoms with E-state index < -0.39 is 27.0 Å². The number of ether oxygens (including phenoxy) is 1. The molecule has 1 aromatic rings. The topological polar surface area (TPSA) is 72.5 Å². The van der Waals surface area contributed by atoms with E-state index in [1.54, 1.807) is 24.3 Å². The Morgan fingerprint density at radius 3 is 2.24 bits per heavy atom. The summed E-state index contributed by atoms with van der Waals surface area (Å²) in [5.41, 5.74) is -0.702. The average Bonchev–Trinajstić information content (AvgIpc) is 2.86. The first-order chi connectivity index (χ1) is 11.6. The number of rotatable bonds is 3. The number of fused-ring (bicyclic) bond motifs is 2. The van der Waals surface area contributed by atoms with Crippen molar-refractivity contribution >= 4 is 39.3 Å². The standard InChI is InChI=1S/C19H22BrNO4/c1-17(2)18(3)9-10-19(17,13(20)14(18)22)16(24)21-12-7-5-11(6-8-12)15(23)25-4/h5-8,13H,9-10H2,1-4H3,(H,21,24)/t13-,18-,19+/m0/s1. The van der Waals surface area contributed by atoms with Crippen LogP contribution in [0.15, 0.2) is 24.3 Å². The molecule has 134 valence electrons. The number of amides is 1. The van der Waals surface area contributed by atoms with Gasteiger partial charge in [0.15, 0.2) is 5.78 Å². The summed E-state index contributed by atoms with van der Waals surface area (Å²) in [7, 11) is 1.32. The predicted molar refractivity (Wildman–Crippen MR) is 97.7 cm³/mol. The van der Waals surface area contributed by atoms with E-state index >= 15 is 0 Å². The van der Waals surface area contributed by atoms with Crippen LogP contribution >= 0.6 is 15.9 Å². The number of esters is 1. The van der Waals surface area contributed by atoms with E-state index in [-0.39, 0.29) is 11.7 Å². The van der Waals surface area contributed by atoms with Crippen LogP contribution in [0.5, 0.6) is 0 Å². The van der Waals surface area contributed by atoms with Crippen molar-refractivity contribution in [3.05, 3.63) is 29.8 Å². The molecular weight excluding hydrogens is 386 g/mol. The molecule has 0 aliphatic heterocycles. The lowest BCUT2D eigenvalue weighted by molar-refractivity contribution is -0.130. The first-order valence-corrected chi connectivity index (χ1v) is 9.21. The maximum atomic E-state index is 13.2. The summed E-state index contributed by atoms with van der Waals surface area (Å²) in [5, 5.41) is 2.94. The Kier molecular flexibility index (Phi) is 4.10. The number of halogens is 1. The summed E-state index contributed by atoms with van der Waals surface area (Å²) in [6, 6.07) is 6.55. The van der Waals surface area contributed by atoms with E-state index in [0.29, 0.717) is 17.7 Å². The van der Waals surface area contributed by atoms with Crippen LogP contribution in [0.3, 0.4) is 0 Å². The number of alkyl halides is 1. The third-order valence-corrected chi connectivity index (χ3v) is 7.89. The van der Waals surface area contributed by atoms with Gasteiger partial charge in [0.05, 0.1) is 22.9 Å². The molecule has 2 saturated carbocycles. The molecule has 2 bridgehead atoms. The number of anilines is 1. The number of benzene rings is 1. The highest BCUT2D eigenvalue weighted by Crippen LogP contribution is 2.72. The second-order valence-corrected chi connectivity index (χ2v) is 8.59. The van der Waals surface area contributed by atoms with Gasteiger partial charge in [0.1, 0.15) is 0 Å². The number of ketones is 1. The van der Waals surface area contributed by atoms with Gasteiger partial charge in [-0.15, -0.1) is 0 Å². The SMILES string of the molecule is COC(=O)c1ccc(NC(=O)[C@@]23CC[C@@](C)(C(=O)[C@@H]2Br)C3(C)C)cc1. The third-order valence-electron chi connectivity index (χ3n) is 6.69. The lowest BCUT2D eigenvalue weighted by Gasteiger charge is -2.39. The fraction of sp³-hybridized carbons (Fsp3) is 0.526. The molecule has 6 heteroatoms. The molecule has 0 saturated heterocycles. The van der Waals surface area contributed by atoms with Crippen LogP contribution in [0.25, 0.3) is 0 Å². The zero-order valence-corrected chi connectivity index (χ0v) is 16.4. The van der Waals surface area contributed by atoms with Gasteiger partial charge in [-0.25, -0.2) is 4.79 Å². The van der Waals surface area contributed by atoms with Crippen molar-refractivity contribution in [2.45, 2.75) is 38.4 Å². The largest absolute Gasteiger partial charge is 0.465 e. The third kappa shape index (κ3) is 2.16. The molecule has 1 N–H and O–H groups in total. The molecule has 1 amide bonds. The number of nitrogens with one attached hydrogen (secondary N) is 1. The van der Waals surface area contributed by atoms with Gasteiger partial charge in [-0.05, 0) is 42.5 Å². The van der Waals surface area contributed by atoms with Crippen molar-refractivity contribution in [3.8, 4) is 0 Å². The van der Waals surface area contributed by atoms with Crippen LogP contribution in [0.2, 0.25) is 0 Å². The molecule has 2 fully saturated rings. The number of carbonyl (C=O) groups is 3. The maximum Gasteiger partial charge on any atom is 0.337 e. The monoisotopic (exact) mass is 407 g/mol. The van der Waals surface area contributed by atoms with Gasteiger partial charge < -0.3 is 10.1 Å². The molecular formula is C19H22BrNO4. The molecule has 0 aromatic heterocycles. The predicted octanol–water partition coefficient (Wildman–Crippen LogP) is 3.57. The molecule has 25 heavy (non-hydrogen) atoms. The fourth-order valence-electron chi connectivity index (χ4n) is 4.51. The van der Waals surface area contributed by atoms with Gasteiger partial charge in [0, 0.05) is 11.1 Å². The normalized spacial score (nSPS) is 32.5. The van der Waals surface area contributed by atoms with Crippen molar-refractivity contribution in [3.63, 3.8) is 0 Å². The second kappa shape index (κ2) is 5.66. The minimum absolute atomic E-state index is 0.111. The minimum atomic E-state index is -0.778. The quantitative estimate of drug-likeness (QED) is 0.613. The van der Waals surface area contributed by atoms with Crippen LogP contribution in [-0.4, -0.2) is 29.6 Å². The molecule has 2 aliphatic carbocycles. The molecule has 0 heterocycles. The van der Waals surface area contributed by atoms with Gasteiger partial charge in [0.2, 0.25) is 5.91 Å². The van der Waals surface area contributed by atoms with Gasteiger partial charge in [-0.1, -0.05) is 36.7 Å². The van der Waals surface area contributed by atoms with Gasteiger partial charge >= 0.3 is 5.97 Å². The molecule has 0 unspecified atom stereocenters. The molecule has 3 rings (SSSR count). The van der Waals surface area contributed by atoms with Crippen LogP contribution in [0, 0.1) is 16.2 Å². The Labute approximate surface area is 155 Å². The van der Waals surface area contributed by atoms with Crippen LogP contribution in [0.4, 0.5) is 5.69 Å². The average molecular weight is 408 g/mol. The zero-order valence-electron chi connectivity index (χ0n) is 14.8. The second-order valence-electron chi connectivity index (χ2n) is 7.68. The summed E-state index contributed by atoms with van der Waals surface area (Å²) >= 11 is 3.51. The maximum absolute atomic E-state index is 13.2. The number of hydrogen-bond acceptors (Lipinski definition) is 4. The molecule has 0 spiro atoms. The number of carbonyl (C=O) groups excluding carboxylic acids is 3. The highest BCUT2D eigenvalue weighted by molar-refractivity contribution is 9.10. The van der Waals surface area contributed by atoms with E-state index in [0.717, 1.165) is 6.42 Å². The van der Waals surface area contributed by atoms with E-state index in [1.165, 1.54) is 7.11 Å². The Hall–Kier alpha value is -1.69. The molecule has 3 atom stereocenters. The van der Waals surface area contributed by atoms with Crippen molar-refractivity contribution in [1.29, 1.82) is 0 Å². The van der Waals surface area contributed by atoms with Crippen LogP contribution in [-0.2, 0) is 14.3 Å². The van der Waals surface area contributed by atoms with Gasteiger partial charge in [-0.3, -0.25) is 9.59 Å².